The Balaban J connectivity index is 2.40. The molecule has 7 heteroatoms. The average Bonchev–Trinajstić information content (AvgIpc) is 3.01. The second-order valence-corrected chi connectivity index (χ2v) is 6.67. The fourth-order valence-corrected chi connectivity index (χ4v) is 3.26. The molecule has 0 N–H and O–H groups in total. The molecule has 2 heterocycles. The van der Waals surface area contributed by atoms with Crippen molar-refractivity contribution in [2.45, 2.75) is 33.6 Å². The highest BCUT2D eigenvalue weighted by Crippen LogP contribution is 2.42. The Labute approximate surface area is 164 Å². The van der Waals surface area contributed by atoms with E-state index in [1.54, 1.807) is 31.7 Å². The number of carbonyl (C=O) groups is 1. The predicted molar refractivity (Wildman–Crippen MR) is 106 cm³/mol. The fourth-order valence-electron chi connectivity index (χ4n) is 3.26. The molecule has 3 aromatic rings. The zero-order valence-corrected chi connectivity index (χ0v) is 17.1. The van der Waals surface area contributed by atoms with Crippen LogP contribution in [0.25, 0.3) is 16.8 Å². The standard InChI is InChI=1S/C21H25N3O4/c1-7-28-21(25)14-11-15(12(2)3)24-20(22-14)18(13(4)23-24)19-16(26-5)9-8-10-17(19)27-6/h8-12H,7H2,1-6H3. The molecule has 0 bridgehead atoms. The van der Waals surface area contributed by atoms with Crippen molar-refractivity contribution in [3.63, 3.8) is 0 Å². The summed E-state index contributed by atoms with van der Waals surface area (Å²) in [5.74, 6) is 0.965. The normalized spacial score (nSPS) is 11.1. The van der Waals surface area contributed by atoms with Gasteiger partial charge in [0.25, 0.3) is 0 Å². The summed E-state index contributed by atoms with van der Waals surface area (Å²) in [6.07, 6.45) is 0. The molecule has 0 spiro atoms. The number of rotatable bonds is 6. The number of methoxy groups -OCH3 is 2. The molecule has 2 aromatic heterocycles. The summed E-state index contributed by atoms with van der Waals surface area (Å²) in [4.78, 5) is 17.0. The number of carbonyl (C=O) groups excluding carboxylic acids is 1. The van der Waals surface area contributed by atoms with Gasteiger partial charge in [-0.2, -0.15) is 5.10 Å². The molecule has 28 heavy (non-hydrogen) atoms. The molecular formula is C21H25N3O4. The third-order valence-corrected chi connectivity index (χ3v) is 4.55. The summed E-state index contributed by atoms with van der Waals surface area (Å²) in [6, 6.07) is 7.32. The molecule has 0 aliphatic heterocycles. The van der Waals surface area contributed by atoms with E-state index in [0.29, 0.717) is 17.1 Å². The smallest absolute Gasteiger partial charge is 0.357 e. The second-order valence-electron chi connectivity index (χ2n) is 6.67. The molecule has 3 rings (SSSR count). The van der Waals surface area contributed by atoms with E-state index in [4.69, 9.17) is 19.3 Å². The molecule has 0 atom stereocenters. The molecule has 0 saturated carbocycles. The Morgan fingerprint density at radius 2 is 1.79 bits per heavy atom. The lowest BCUT2D eigenvalue weighted by atomic mass is 10.0. The number of hydrogen-bond donors (Lipinski definition) is 0. The molecule has 0 aliphatic carbocycles. The number of esters is 1. The molecule has 148 valence electrons. The lowest BCUT2D eigenvalue weighted by Gasteiger charge is -2.14. The van der Waals surface area contributed by atoms with Crippen LogP contribution in [-0.2, 0) is 4.74 Å². The van der Waals surface area contributed by atoms with Crippen molar-refractivity contribution >= 4 is 11.6 Å². The largest absolute Gasteiger partial charge is 0.496 e. The van der Waals surface area contributed by atoms with Crippen LogP contribution in [0.2, 0.25) is 0 Å². The van der Waals surface area contributed by atoms with E-state index in [-0.39, 0.29) is 18.2 Å². The highest BCUT2D eigenvalue weighted by Gasteiger charge is 2.24. The number of nitrogens with zero attached hydrogens (tertiary/aromatic N) is 3. The van der Waals surface area contributed by atoms with E-state index in [9.17, 15) is 4.79 Å². The zero-order chi connectivity index (χ0) is 20.4. The maximum atomic E-state index is 12.4. The first kappa shape index (κ1) is 19.7. The number of ether oxygens (including phenoxy) is 3. The minimum Gasteiger partial charge on any atom is -0.496 e. The van der Waals surface area contributed by atoms with Crippen LogP contribution in [0, 0.1) is 6.92 Å². The number of benzene rings is 1. The first-order chi connectivity index (χ1) is 13.4. The molecule has 0 unspecified atom stereocenters. The van der Waals surface area contributed by atoms with E-state index in [2.05, 4.69) is 4.98 Å². The van der Waals surface area contributed by atoms with Gasteiger partial charge in [0.05, 0.1) is 37.6 Å². The van der Waals surface area contributed by atoms with Gasteiger partial charge in [-0.15, -0.1) is 0 Å². The molecule has 0 aliphatic rings. The molecular weight excluding hydrogens is 358 g/mol. The van der Waals surface area contributed by atoms with Gasteiger partial charge in [-0.1, -0.05) is 19.9 Å². The van der Waals surface area contributed by atoms with Crippen molar-refractivity contribution in [1.29, 1.82) is 0 Å². The van der Waals surface area contributed by atoms with Gasteiger partial charge >= 0.3 is 5.97 Å². The SMILES string of the molecule is CCOC(=O)c1cc(C(C)C)n2nc(C)c(-c3c(OC)cccc3OC)c2n1. The number of hydrogen-bond acceptors (Lipinski definition) is 6. The summed E-state index contributed by atoms with van der Waals surface area (Å²) in [7, 11) is 3.21. The minimum absolute atomic E-state index is 0.130. The lowest BCUT2D eigenvalue weighted by Crippen LogP contribution is -2.12. The van der Waals surface area contributed by atoms with Crippen molar-refractivity contribution in [2.75, 3.05) is 20.8 Å². The van der Waals surface area contributed by atoms with Gasteiger partial charge in [-0.3, -0.25) is 0 Å². The van der Waals surface area contributed by atoms with E-state index in [1.807, 2.05) is 39.0 Å². The van der Waals surface area contributed by atoms with Crippen LogP contribution in [0.15, 0.2) is 24.3 Å². The number of fused-ring (bicyclic) bond motifs is 1. The molecule has 0 fully saturated rings. The minimum atomic E-state index is -0.455. The highest BCUT2D eigenvalue weighted by atomic mass is 16.5. The molecule has 7 nitrogen and oxygen atoms in total. The molecule has 0 saturated heterocycles. The molecule has 1 aromatic carbocycles. The van der Waals surface area contributed by atoms with Crippen LogP contribution in [0.4, 0.5) is 0 Å². The van der Waals surface area contributed by atoms with Crippen molar-refractivity contribution in [3.05, 3.63) is 41.3 Å². The maximum Gasteiger partial charge on any atom is 0.357 e. The van der Waals surface area contributed by atoms with Gasteiger partial charge in [0.15, 0.2) is 11.3 Å². The lowest BCUT2D eigenvalue weighted by molar-refractivity contribution is 0.0519. The Morgan fingerprint density at radius 1 is 1.14 bits per heavy atom. The van der Waals surface area contributed by atoms with Crippen LogP contribution >= 0.6 is 0 Å². The third kappa shape index (κ3) is 3.28. The topological polar surface area (TPSA) is 75.0 Å². The van der Waals surface area contributed by atoms with Gasteiger partial charge in [0.1, 0.15) is 11.5 Å². The van der Waals surface area contributed by atoms with Gasteiger partial charge in [-0.25, -0.2) is 14.3 Å². The summed E-state index contributed by atoms with van der Waals surface area (Å²) in [5.41, 5.74) is 3.97. The predicted octanol–water partition coefficient (Wildman–Crippen LogP) is 4.02. The van der Waals surface area contributed by atoms with Crippen molar-refractivity contribution in [3.8, 4) is 22.6 Å². The highest BCUT2D eigenvalue weighted by molar-refractivity contribution is 5.91. The Bertz CT molecular complexity index is 1000. The quantitative estimate of drug-likeness (QED) is 0.599. The first-order valence-corrected chi connectivity index (χ1v) is 9.21. The Kier molecular flexibility index (Phi) is 5.53. The summed E-state index contributed by atoms with van der Waals surface area (Å²) in [5, 5.41) is 4.70. The average molecular weight is 383 g/mol. The van der Waals surface area contributed by atoms with Crippen molar-refractivity contribution in [2.24, 2.45) is 0 Å². The van der Waals surface area contributed by atoms with Crippen LogP contribution in [-0.4, -0.2) is 41.4 Å². The number of aromatic nitrogens is 3. The van der Waals surface area contributed by atoms with Gasteiger partial charge in [-0.05, 0) is 38.0 Å². The zero-order valence-electron chi connectivity index (χ0n) is 17.1. The summed E-state index contributed by atoms with van der Waals surface area (Å²) >= 11 is 0. The van der Waals surface area contributed by atoms with Crippen LogP contribution in [0.1, 0.15) is 48.6 Å². The third-order valence-electron chi connectivity index (χ3n) is 4.55. The van der Waals surface area contributed by atoms with E-state index in [1.165, 1.54) is 0 Å². The van der Waals surface area contributed by atoms with Crippen molar-refractivity contribution < 1.29 is 19.0 Å². The second kappa shape index (κ2) is 7.88. The number of aryl methyl sites for hydroxylation is 1. The van der Waals surface area contributed by atoms with E-state index >= 15 is 0 Å². The Hall–Kier alpha value is -3.09. The van der Waals surface area contributed by atoms with E-state index < -0.39 is 5.97 Å². The first-order valence-electron chi connectivity index (χ1n) is 9.21. The Morgan fingerprint density at radius 3 is 2.32 bits per heavy atom. The van der Waals surface area contributed by atoms with Gasteiger partial charge in [0, 0.05) is 5.69 Å². The molecule has 0 amide bonds. The van der Waals surface area contributed by atoms with Gasteiger partial charge in [0.2, 0.25) is 0 Å². The van der Waals surface area contributed by atoms with Gasteiger partial charge < -0.3 is 14.2 Å². The monoisotopic (exact) mass is 383 g/mol. The van der Waals surface area contributed by atoms with Crippen LogP contribution < -0.4 is 9.47 Å². The molecule has 0 radical (unpaired) electrons. The maximum absolute atomic E-state index is 12.4. The van der Waals surface area contributed by atoms with Crippen LogP contribution in [0.3, 0.4) is 0 Å². The van der Waals surface area contributed by atoms with E-state index in [0.717, 1.165) is 22.5 Å². The van der Waals surface area contributed by atoms with Crippen LogP contribution in [0.5, 0.6) is 11.5 Å². The fraction of sp³-hybridized carbons (Fsp3) is 0.381. The summed E-state index contributed by atoms with van der Waals surface area (Å²) in [6.45, 7) is 8.06. The van der Waals surface area contributed by atoms with Crippen molar-refractivity contribution in [1.82, 2.24) is 14.6 Å². The summed E-state index contributed by atoms with van der Waals surface area (Å²) < 4.78 is 18.1.